The first-order valence-corrected chi connectivity index (χ1v) is 5.77. The highest BCUT2D eigenvalue weighted by Crippen LogP contribution is 2.29. The van der Waals surface area contributed by atoms with Crippen LogP contribution in [0.5, 0.6) is 5.75 Å². The first-order chi connectivity index (χ1) is 8.81. The van der Waals surface area contributed by atoms with Gasteiger partial charge in [-0.2, -0.15) is 8.78 Å². The van der Waals surface area contributed by atoms with E-state index in [-0.39, 0.29) is 23.8 Å². The molecule has 0 fully saturated rings. The Kier molecular flexibility index (Phi) is 5.29. The topological polar surface area (TPSA) is 67.5 Å². The van der Waals surface area contributed by atoms with Crippen molar-refractivity contribution in [3.63, 3.8) is 0 Å². The number of ether oxygens (including phenoxy) is 1. The van der Waals surface area contributed by atoms with E-state index in [0.717, 1.165) is 12.1 Å². The van der Waals surface area contributed by atoms with E-state index in [4.69, 9.17) is 5.73 Å². The molecule has 1 unspecified atom stereocenters. The second-order valence-corrected chi connectivity index (χ2v) is 4.44. The lowest BCUT2D eigenvalue weighted by atomic mass is 10.1. The second kappa shape index (κ2) is 6.51. The molecule has 0 heterocycles. The predicted molar refractivity (Wildman–Crippen MR) is 66.8 cm³/mol. The Labute approximate surface area is 109 Å². The third-order valence-corrected chi connectivity index (χ3v) is 2.59. The summed E-state index contributed by atoms with van der Waals surface area (Å²) in [5.74, 6) is -1.54. The highest BCUT2D eigenvalue weighted by Gasteiger charge is 2.15. The van der Waals surface area contributed by atoms with Gasteiger partial charge in [0.15, 0.2) is 11.6 Å². The number of anilines is 2. The fraction of sp³-hybridized carbons (Fsp3) is 0.500. The molecular weight excluding hydrogens is 261 g/mol. The van der Waals surface area contributed by atoms with Crippen LogP contribution >= 0.6 is 0 Å². The summed E-state index contributed by atoms with van der Waals surface area (Å²) in [7, 11) is 0. The van der Waals surface area contributed by atoms with Gasteiger partial charge in [0.2, 0.25) is 0 Å². The van der Waals surface area contributed by atoms with Crippen LogP contribution in [0.1, 0.15) is 13.8 Å². The molecule has 0 saturated carbocycles. The van der Waals surface area contributed by atoms with Crippen LogP contribution in [-0.4, -0.2) is 24.4 Å². The van der Waals surface area contributed by atoms with Gasteiger partial charge >= 0.3 is 6.61 Å². The Morgan fingerprint density at radius 3 is 2.53 bits per heavy atom. The third kappa shape index (κ3) is 4.51. The lowest BCUT2D eigenvalue weighted by Crippen LogP contribution is -2.25. The fourth-order valence-electron chi connectivity index (χ4n) is 1.36. The molecule has 0 amide bonds. The number of hydrogen-bond donors (Lipinski definition) is 3. The lowest BCUT2D eigenvalue weighted by molar-refractivity contribution is -0.0521. The maximum absolute atomic E-state index is 13.3. The van der Waals surface area contributed by atoms with Crippen molar-refractivity contribution in [2.24, 2.45) is 5.92 Å². The van der Waals surface area contributed by atoms with E-state index >= 15 is 0 Å². The van der Waals surface area contributed by atoms with E-state index in [1.54, 1.807) is 0 Å². The number of rotatable bonds is 6. The molecule has 4 nitrogen and oxygen atoms in total. The summed E-state index contributed by atoms with van der Waals surface area (Å²) in [5, 5.41) is 12.4. The summed E-state index contributed by atoms with van der Waals surface area (Å²) in [6.07, 6.45) is -0.635. The van der Waals surface area contributed by atoms with E-state index in [1.165, 1.54) is 0 Å². The molecule has 0 aliphatic rings. The molecule has 0 aromatic heterocycles. The van der Waals surface area contributed by atoms with Gasteiger partial charge in [-0.15, -0.1) is 0 Å². The van der Waals surface area contributed by atoms with Crippen LogP contribution in [0.25, 0.3) is 0 Å². The minimum Gasteiger partial charge on any atom is -0.432 e. The molecular formula is C12H17F3N2O2. The molecule has 19 heavy (non-hydrogen) atoms. The van der Waals surface area contributed by atoms with Gasteiger partial charge < -0.3 is 20.9 Å². The molecule has 0 aliphatic heterocycles. The number of aliphatic hydroxyl groups excluding tert-OH is 1. The minimum absolute atomic E-state index is 0.0194. The summed E-state index contributed by atoms with van der Waals surface area (Å²) >= 11 is 0. The third-order valence-electron chi connectivity index (χ3n) is 2.59. The summed E-state index contributed by atoms with van der Waals surface area (Å²) in [4.78, 5) is 0. The first kappa shape index (κ1) is 15.4. The number of nitrogens with one attached hydrogen (secondary N) is 1. The van der Waals surface area contributed by atoms with Gasteiger partial charge in [-0.1, -0.05) is 13.8 Å². The van der Waals surface area contributed by atoms with Crippen LogP contribution in [0.4, 0.5) is 24.5 Å². The first-order valence-electron chi connectivity index (χ1n) is 5.77. The summed E-state index contributed by atoms with van der Waals surface area (Å²) < 4.78 is 41.5. The van der Waals surface area contributed by atoms with Crippen LogP contribution in [-0.2, 0) is 0 Å². The molecule has 0 spiro atoms. The fourth-order valence-corrected chi connectivity index (χ4v) is 1.36. The van der Waals surface area contributed by atoms with E-state index < -0.39 is 24.3 Å². The smallest absolute Gasteiger partial charge is 0.387 e. The molecule has 4 N–H and O–H groups in total. The van der Waals surface area contributed by atoms with Crippen LogP contribution in [0.15, 0.2) is 12.1 Å². The highest BCUT2D eigenvalue weighted by atomic mass is 19.3. The van der Waals surface area contributed by atoms with Gasteiger partial charge in [0.25, 0.3) is 0 Å². The van der Waals surface area contributed by atoms with E-state index in [1.807, 2.05) is 13.8 Å². The molecule has 7 heteroatoms. The predicted octanol–water partition coefficient (Wildman–Crippen LogP) is 2.44. The SMILES string of the molecule is CC(C)C(O)CNc1cc(OC(F)F)c(F)cc1N. The van der Waals surface area contributed by atoms with Crippen LogP contribution in [0.2, 0.25) is 0 Å². The molecule has 0 radical (unpaired) electrons. The van der Waals surface area contributed by atoms with Crippen LogP contribution in [0.3, 0.4) is 0 Å². The normalized spacial score (nSPS) is 12.8. The minimum atomic E-state index is -3.12. The van der Waals surface area contributed by atoms with Crippen molar-refractivity contribution in [1.82, 2.24) is 0 Å². The van der Waals surface area contributed by atoms with E-state index in [0.29, 0.717) is 0 Å². The van der Waals surface area contributed by atoms with E-state index in [9.17, 15) is 18.3 Å². The summed E-state index contributed by atoms with van der Waals surface area (Å²) in [6, 6.07) is 1.94. The van der Waals surface area contributed by atoms with Crippen molar-refractivity contribution in [2.75, 3.05) is 17.6 Å². The number of nitrogen functional groups attached to an aromatic ring is 1. The number of halogens is 3. The zero-order valence-corrected chi connectivity index (χ0v) is 10.7. The summed E-state index contributed by atoms with van der Waals surface area (Å²) in [6.45, 7) is 0.700. The zero-order valence-electron chi connectivity index (χ0n) is 10.7. The van der Waals surface area contributed by atoms with Crippen LogP contribution in [0, 0.1) is 11.7 Å². The Balaban J connectivity index is 2.82. The Hall–Kier alpha value is -1.63. The molecule has 1 aromatic rings. The monoisotopic (exact) mass is 278 g/mol. The van der Waals surface area contributed by atoms with Gasteiger partial charge in [-0.3, -0.25) is 0 Å². The number of nitrogens with two attached hydrogens (primary N) is 1. The van der Waals surface area contributed by atoms with Crippen LogP contribution < -0.4 is 15.8 Å². The maximum Gasteiger partial charge on any atom is 0.387 e. The molecule has 108 valence electrons. The van der Waals surface area contributed by atoms with E-state index in [2.05, 4.69) is 10.1 Å². The van der Waals surface area contributed by atoms with Gasteiger partial charge in [0.05, 0.1) is 17.5 Å². The Morgan fingerprint density at radius 1 is 1.37 bits per heavy atom. The standard InChI is InChI=1S/C12H17F3N2O2/c1-6(2)10(18)5-17-9-4-11(19-12(14)15)7(13)3-8(9)16/h3-4,6,10,12,17-18H,5,16H2,1-2H3. The van der Waals surface area contributed by atoms with Gasteiger partial charge in [-0.05, 0) is 5.92 Å². The van der Waals surface area contributed by atoms with Gasteiger partial charge in [0.1, 0.15) is 0 Å². The average Bonchev–Trinajstić information content (AvgIpc) is 2.30. The number of benzene rings is 1. The highest BCUT2D eigenvalue weighted by molar-refractivity contribution is 5.68. The number of hydrogen-bond acceptors (Lipinski definition) is 4. The zero-order chi connectivity index (χ0) is 14.6. The number of alkyl halides is 2. The van der Waals surface area contributed by atoms with Crippen molar-refractivity contribution in [2.45, 2.75) is 26.6 Å². The van der Waals surface area contributed by atoms with Crippen molar-refractivity contribution in [3.8, 4) is 5.75 Å². The largest absolute Gasteiger partial charge is 0.432 e. The molecule has 1 atom stereocenters. The van der Waals surface area contributed by atoms with Gasteiger partial charge in [-0.25, -0.2) is 4.39 Å². The molecule has 1 rings (SSSR count). The van der Waals surface area contributed by atoms with Crippen molar-refractivity contribution >= 4 is 11.4 Å². The lowest BCUT2D eigenvalue weighted by Gasteiger charge is -2.17. The quantitative estimate of drug-likeness (QED) is 0.699. The molecule has 0 aliphatic carbocycles. The van der Waals surface area contributed by atoms with Gasteiger partial charge in [0, 0.05) is 18.7 Å². The molecule has 0 saturated heterocycles. The summed E-state index contributed by atoms with van der Waals surface area (Å²) in [5.41, 5.74) is 5.84. The second-order valence-electron chi connectivity index (χ2n) is 4.44. The van der Waals surface area contributed by atoms with Crippen molar-refractivity contribution < 1.29 is 23.0 Å². The van der Waals surface area contributed by atoms with Crippen molar-refractivity contribution in [1.29, 1.82) is 0 Å². The Morgan fingerprint density at radius 2 is 2.00 bits per heavy atom. The molecule has 1 aromatic carbocycles. The number of aliphatic hydroxyl groups is 1. The Bertz CT molecular complexity index is 428. The molecule has 0 bridgehead atoms. The maximum atomic E-state index is 13.3. The van der Waals surface area contributed by atoms with Crippen molar-refractivity contribution in [3.05, 3.63) is 17.9 Å². The average molecular weight is 278 g/mol.